The van der Waals surface area contributed by atoms with Crippen molar-refractivity contribution in [1.82, 2.24) is 19.1 Å². The van der Waals surface area contributed by atoms with Crippen LogP contribution in [-0.4, -0.2) is 114 Å². The number of sulfone groups is 1. The Kier molecular flexibility index (Phi) is 10.00. The highest BCUT2D eigenvalue weighted by atomic mass is 32.2. The second-order valence-corrected chi connectivity index (χ2v) is 11.4. The van der Waals surface area contributed by atoms with E-state index in [2.05, 4.69) is 6.58 Å². The molecule has 41 heavy (non-hydrogen) atoms. The molecule has 0 spiro atoms. The van der Waals surface area contributed by atoms with Crippen LogP contribution in [0.15, 0.2) is 38.2 Å². The molecule has 2 fully saturated rings. The number of aromatic amines is 2. The van der Waals surface area contributed by atoms with Gasteiger partial charge in [-0.1, -0.05) is 6.58 Å². The SMILES string of the molecule is C=Cn1cc([C@@H]2O[C@H](CO)[C@@H](O)[C@H]2O)c(=O)[nH]c1=O.CS(=O)(=O)Cn1cc([C@@H]2O[C@H](CO)[C@@H](O)[C@H]2O)c(=O)[nH]c1=O. The van der Waals surface area contributed by atoms with Gasteiger partial charge < -0.3 is 40.1 Å². The molecule has 4 heterocycles. The molecule has 4 rings (SSSR count). The van der Waals surface area contributed by atoms with E-state index < -0.39 is 100 Å². The van der Waals surface area contributed by atoms with Crippen LogP contribution in [-0.2, 0) is 25.2 Å². The number of nitrogens with one attached hydrogen (secondary N) is 2. The summed E-state index contributed by atoms with van der Waals surface area (Å²) in [5.74, 6) is -0.662. The summed E-state index contributed by atoms with van der Waals surface area (Å²) in [5.41, 5.74) is -3.43. The summed E-state index contributed by atoms with van der Waals surface area (Å²) in [6.45, 7) is 2.34. The molecule has 0 amide bonds. The molecule has 228 valence electrons. The zero-order chi connectivity index (χ0) is 30.8. The van der Waals surface area contributed by atoms with Crippen molar-refractivity contribution in [1.29, 1.82) is 0 Å². The molecule has 2 aliphatic rings. The highest BCUT2D eigenvalue weighted by Gasteiger charge is 2.45. The Labute approximate surface area is 229 Å². The lowest BCUT2D eigenvalue weighted by molar-refractivity contribution is -0.0233. The molecule has 0 aromatic carbocycles. The molecule has 2 aromatic rings. The lowest BCUT2D eigenvalue weighted by atomic mass is 10.0. The van der Waals surface area contributed by atoms with E-state index in [1.807, 2.05) is 9.97 Å². The van der Waals surface area contributed by atoms with Crippen molar-refractivity contribution in [3.05, 3.63) is 71.8 Å². The van der Waals surface area contributed by atoms with E-state index in [-0.39, 0.29) is 11.1 Å². The van der Waals surface area contributed by atoms with Crippen LogP contribution in [0.5, 0.6) is 0 Å². The highest BCUT2D eigenvalue weighted by molar-refractivity contribution is 7.89. The number of ether oxygens (including phenoxy) is 2. The number of aliphatic hydroxyl groups is 6. The van der Waals surface area contributed by atoms with Gasteiger partial charge in [-0.05, 0) is 0 Å². The lowest BCUT2D eigenvalue weighted by Crippen LogP contribution is -2.36. The first-order valence-corrected chi connectivity index (χ1v) is 13.9. The zero-order valence-electron chi connectivity index (χ0n) is 21.4. The van der Waals surface area contributed by atoms with Crippen molar-refractivity contribution in [2.24, 2.45) is 0 Å². The normalized spacial score (nSPS) is 29.6. The first-order valence-electron chi connectivity index (χ1n) is 11.9. The van der Waals surface area contributed by atoms with Gasteiger partial charge in [-0.25, -0.2) is 18.0 Å². The Morgan fingerprint density at radius 2 is 1.27 bits per heavy atom. The minimum atomic E-state index is -3.54. The van der Waals surface area contributed by atoms with Gasteiger partial charge in [0, 0.05) is 24.8 Å². The van der Waals surface area contributed by atoms with Crippen molar-refractivity contribution in [3.8, 4) is 0 Å². The van der Waals surface area contributed by atoms with E-state index in [4.69, 9.17) is 19.7 Å². The third-order valence-electron chi connectivity index (χ3n) is 6.30. The summed E-state index contributed by atoms with van der Waals surface area (Å²) in [6, 6.07) is 0. The largest absolute Gasteiger partial charge is 0.394 e. The Morgan fingerprint density at radius 3 is 1.66 bits per heavy atom. The maximum atomic E-state index is 11.8. The predicted octanol–water partition coefficient (Wildman–Crippen LogP) is -5.52. The molecular formula is C22H30N4O14S. The van der Waals surface area contributed by atoms with Crippen LogP contribution in [0.25, 0.3) is 6.20 Å². The Morgan fingerprint density at radius 1 is 0.829 bits per heavy atom. The van der Waals surface area contributed by atoms with Gasteiger partial charge in [-0.3, -0.25) is 28.7 Å². The van der Waals surface area contributed by atoms with Crippen LogP contribution in [0.2, 0.25) is 0 Å². The number of aromatic nitrogens is 4. The minimum Gasteiger partial charge on any atom is -0.394 e. The van der Waals surface area contributed by atoms with Crippen molar-refractivity contribution < 1.29 is 48.5 Å². The molecule has 18 nitrogen and oxygen atoms in total. The fraction of sp³-hybridized carbons (Fsp3) is 0.545. The topological polar surface area (TPSA) is 284 Å². The Bertz CT molecular complexity index is 1590. The van der Waals surface area contributed by atoms with Gasteiger partial charge in [0.1, 0.15) is 54.7 Å². The number of aliphatic hydroxyl groups excluding tert-OH is 6. The van der Waals surface area contributed by atoms with Gasteiger partial charge >= 0.3 is 11.4 Å². The summed E-state index contributed by atoms with van der Waals surface area (Å²) in [4.78, 5) is 50.5. The van der Waals surface area contributed by atoms with E-state index in [1.165, 1.54) is 12.4 Å². The molecule has 0 saturated carbocycles. The first kappa shape index (κ1) is 32.2. The number of H-pyrrole nitrogens is 2. The van der Waals surface area contributed by atoms with Crippen molar-refractivity contribution in [2.75, 3.05) is 19.5 Å². The minimum absolute atomic E-state index is 0.0259. The maximum Gasteiger partial charge on any atom is 0.332 e. The fourth-order valence-electron chi connectivity index (χ4n) is 4.23. The van der Waals surface area contributed by atoms with Crippen LogP contribution in [0, 0.1) is 0 Å². The maximum absolute atomic E-state index is 11.8. The third kappa shape index (κ3) is 6.97. The molecule has 0 radical (unpaired) electrons. The van der Waals surface area contributed by atoms with Gasteiger partial charge in [0.05, 0.1) is 24.3 Å². The molecule has 0 aliphatic carbocycles. The highest BCUT2D eigenvalue weighted by Crippen LogP contribution is 2.32. The Hall–Kier alpha value is -3.27. The van der Waals surface area contributed by atoms with Gasteiger partial charge in [-0.2, -0.15) is 0 Å². The average Bonchev–Trinajstić information content (AvgIpc) is 3.35. The summed E-state index contributed by atoms with van der Waals surface area (Å²) in [5, 5.41) is 57.0. The van der Waals surface area contributed by atoms with Gasteiger partial charge in [0.25, 0.3) is 11.1 Å². The first-order chi connectivity index (χ1) is 19.1. The van der Waals surface area contributed by atoms with Crippen LogP contribution < -0.4 is 22.5 Å². The molecule has 2 saturated heterocycles. The van der Waals surface area contributed by atoms with Crippen LogP contribution in [0.3, 0.4) is 0 Å². The quantitative estimate of drug-likeness (QED) is 0.146. The zero-order valence-corrected chi connectivity index (χ0v) is 22.2. The smallest absolute Gasteiger partial charge is 0.332 e. The third-order valence-corrected chi connectivity index (χ3v) is 7.05. The van der Waals surface area contributed by atoms with Gasteiger partial charge in [0.2, 0.25) is 0 Å². The summed E-state index contributed by atoms with van der Waals surface area (Å²) < 4.78 is 34.7. The van der Waals surface area contributed by atoms with Gasteiger partial charge in [-0.15, -0.1) is 0 Å². The standard InChI is InChI=1S/C11H16N2O8S.C11H14N2O6/c1-22(19,20)4-13-2-5(10(17)12-11(13)18)9-8(16)7(15)6(3-14)21-9;1-2-13-3-5(10(17)12-11(13)18)9-8(16)7(15)6(4-14)19-9/h2,6-9,14-16H,3-4H2,1H3,(H,12,17,18);2-3,6-9,14-16H,1,4H2,(H,12,17,18)/t2*6-,7-,8-,9+/m11/s1. The number of hydrogen-bond acceptors (Lipinski definition) is 14. The van der Waals surface area contributed by atoms with E-state index in [1.54, 1.807) is 0 Å². The summed E-state index contributed by atoms with van der Waals surface area (Å²) >= 11 is 0. The van der Waals surface area contributed by atoms with Crippen LogP contribution in [0.4, 0.5) is 0 Å². The molecule has 0 bridgehead atoms. The fourth-order valence-corrected chi connectivity index (χ4v) is 4.93. The second kappa shape index (κ2) is 12.7. The Balaban J connectivity index is 0.000000228. The summed E-state index contributed by atoms with van der Waals surface area (Å²) in [6.07, 6.45) is -5.83. The monoisotopic (exact) mass is 606 g/mol. The second-order valence-electron chi connectivity index (χ2n) is 9.32. The van der Waals surface area contributed by atoms with Gasteiger partial charge in [0.15, 0.2) is 9.84 Å². The van der Waals surface area contributed by atoms with E-state index in [9.17, 15) is 48.0 Å². The number of hydrogen-bond donors (Lipinski definition) is 8. The van der Waals surface area contributed by atoms with Crippen molar-refractivity contribution in [2.45, 2.75) is 54.7 Å². The van der Waals surface area contributed by atoms with Crippen LogP contribution in [0.1, 0.15) is 23.3 Å². The van der Waals surface area contributed by atoms with E-state index in [0.29, 0.717) is 0 Å². The molecule has 8 N–H and O–H groups in total. The van der Waals surface area contributed by atoms with E-state index in [0.717, 1.165) is 21.6 Å². The number of rotatable bonds is 7. The van der Waals surface area contributed by atoms with Crippen LogP contribution >= 0.6 is 0 Å². The summed E-state index contributed by atoms with van der Waals surface area (Å²) in [7, 11) is -3.54. The lowest BCUT2D eigenvalue weighted by Gasteiger charge is -2.15. The predicted molar refractivity (Wildman–Crippen MR) is 137 cm³/mol. The molecule has 2 aromatic heterocycles. The molecular weight excluding hydrogens is 576 g/mol. The molecule has 2 aliphatic heterocycles. The molecule has 0 unspecified atom stereocenters. The molecule has 8 atom stereocenters. The molecule has 19 heteroatoms. The van der Waals surface area contributed by atoms with Crippen molar-refractivity contribution in [3.63, 3.8) is 0 Å². The van der Waals surface area contributed by atoms with Crippen molar-refractivity contribution >= 4 is 16.0 Å². The number of nitrogens with zero attached hydrogens (tertiary/aromatic N) is 2. The average molecular weight is 607 g/mol. The van der Waals surface area contributed by atoms with E-state index >= 15 is 0 Å².